The number of nitrogens with zero attached hydrogens (tertiary/aromatic N) is 1. The van der Waals surface area contributed by atoms with Gasteiger partial charge < -0.3 is 10.6 Å². The summed E-state index contributed by atoms with van der Waals surface area (Å²) in [5, 5.41) is 6.97. The van der Waals surface area contributed by atoms with E-state index < -0.39 is 0 Å². The van der Waals surface area contributed by atoms with Gasteiger partial charge in [0.05, 0.1) is 0 Å². The minimum Gasteiger partial charge on any atom is -0.314 e. The van der Waals surface area contributed by atoms with Gasteiger partial charge in [-0.25, -0.2) is 0 Å². The van der Waals surface area contributed by atoms with Gasteiger partial charge >= 0.3 is 0 Å². The highest BCUT2D eigenvalue weighted by Crippen LogP contribution is 2.15. The van der Waals surface area contributed by atoms with Gasteiger partial charge in [-0.15, -0.1) is 0 Å². The summed E-state index contributed by atoms with van der Waals surface area (Å²) < 4.78 is 1.18. The SMILES string of the molecule is CN1CCNCC1CNCc1ccccc1Br. The second-order valence-electron chi connectivity index (χ2n) is 4.56. The summed E-state index contributed by atoms with van der Waals surface area (Å²) in [5.74, 6) is 0. The van der Waals surface area contributed by atoms with E-state index in [4.69, 9.17) is 0 Å². The van der Waals surface area contributed by atoms with Crippen molar-refractivity contribution in [3.05, 3.63) is 34.3 Å². The molecule has 0 amide bonds. The summed E-state index contributed by atoms with van der Waals surface area (Å²) in [5.41, 5.74) is 1.32. The minimum atomic E-state index is 0.603. The molecule has 0 saturated carbocycles. The van der Waals surface area contributed by atoms with Crippen LogP contribution in [0.25, 0.3) is 0 Å². The van der Waals surface area contributed by atoms with E-state index >= 15 is 0 Å². The number of hydrogen-bond donors (Lipinski definition) is 2. The van der Waals surface area contributed by atoms with E-state index in [1.165, 1.54) is 10.0 Å². The lowest BCUT2D eigenvalue weighted by Crippen LogP contribution is -2.53. The van der Waals surface area contributed by atoms with Crippen molar-refractivity contribution in [1.29, 1.82) is 0 Å². The van der Waals surface area contributed by atoms with Crippen LogP contribution in [0.3, 0.4) is 0 Å². The fourth-order valence-electron chi connectivity index (χ4n) is 2.11. The third-order valence-corrected chi connectivity index (χ3v) is 4.07. The molecule has 1 aromatic carbocycles. The molecule has 94 valence electrons. The second kappa shape index (κ2) is 6.50. The topological polar surface area (TPSA) is 27.3 Å². The number of rotatable bonds is 4. The first-order valence-corrected chi connectivity index (χ1v) is 6.92. The molecule has 2 N–H and O–H groups in total. The summed E-state index contributed by atoms with van der Waals surface area (Å²) in [6.07, 6.45) is 0. The van der Waals surface area contributed by atoms with Gasteiger partial charge in [-0.1, -0.05) is 34.1 Å². The van der Waals surface area contributed by atoms with Crippen LogP contribution < -0.4 is 10.6 Å². The summed E-state index contributed by atoms with van der Waals surface area (Å²) in [7, 11) is 2.20. The molecule has 0 bridgehead atoms. The van der Waals surface area contributed by atoms with Gasteiger partial charge in [-0.2, -0.15) is 0 Å². The Hall–Kier alpha value is -0.420. The standard InChI is InChI=1S/C13H20BrN3/c1-17-7-6-15-9-12(17)10-16-8-11-4-2-3-5-13(11)14/h2-5,12,15-16H,6-10H2,1H3. The first-order chi connectivity index (χ1) is 8.27. The van der Waals surface area contributed by atoms with Crippen LogP contribution in [0.2, 0.25) is 0 Å². The Morgan fingerprint density at radius 2 is 2.29 bits per heavy atom. The molecule has 1 aliphatic heterocycles. The summed E-state index contributed by atoms with van der Waals surface area (Å²) in [4.78, 5) is 2.42. The monoisotopic (exact) mass is 297 g/mol. The van der Waals surface area contributed by atoms with Crippen LogP contribution in [-0.2, 0) is 6.54 Å². The predicted octanol–water partition coefficient (Wildman–Crippen LogP) is 1.44. The lowest BCUT2D eigenvalue weighted by molar-refractivity contribution is 0.195. The molecule has 1 saturated heterocycles. The first-order valence-electron chi connectivity index (χ1n) is 6.12. The zero-order valence-electron chi connectivity index (χ0n) is 10.2. The van der Waals surface area contributed by atoms with Crippen molar-refractivity contribution in [2.45, 2.75) is 12.6 Å². The Kier molecular flexibility index (Phi) is 4.98. The Morgan fingerprint density at radius 1 is 1.47 bits per heavy atom. The van der Waals surface area contributed by atoms with Crippen LogP contribution in [0.1, 0.15) is 5.56 Å². The number of halogens is 1. The third-order valence-electron chi connectivity index (χ3n) is 3.30. The van der Waals surface area contributed by atoms with Gasteiger partial charge in [0.1, 0.15) is 0 Å². The molecule has 0 radical (unpaired) electrons. The zero-order chi connectivity index (χ0) is 12.1. The van der Waals surface area contributed by atoms with Crippen molar-refractivity contribution in [2.24, 2.45) is 0 Å². The average molecular weight is 298 g/mol. The van der Waals surface area contributed by atoms with Crippen LogP contribution in [0, 0.1) is 0 Å². The van der Waals surface area contributed by atoms with Crippen LogP contribution in [0.15, 0.2) is 28.7 Å². The number of piperazine rings is 1. The van der Waals surface area contributed by atoms with E-state index in [-0.39, 0.29) is 0 Å². The summed E-state index contributed by atoms with van der Waals surface area (Å²) in [6, 6.07) is 8.97. The molecular weight excluding hydrogens is 278 g/mol. The number of likely N-dealkylation sites (N-methyl/N-ethyl adjacent to an activating group) is 1. The van der Waals surface area contributed by atoms with Crippen LogP contribution in [0.4, 0.5) is 0 Å². The molecule has 2 rings (SSSR count). The van der Waals surface area contributed by atoms with E-state index in [1.807, 2.05) is 6.07 Å². The van der Waals surface area contributed by atoms with E-state index in [1.54, 1.807) is 0 Å². The predicted molar refractivity (Wildman–Crippen MR) is 75.1 cm³/mol. The smallest absolute Gasteiger partial charge is 0.0342 e. The minimum absolute atomic E-state index is 0.603. The van der Waals surface area contributed by atoms with Gasteiger partial charge in [0.25, 0.3) is 0 Å². The summed E-state index contributed by atoms with van der Waals surface area (Å²) >= 11 is 3.57. The van der Waals surface area contributed by atoms with Gasteiger partial charge in [0.2, 0.25) is 0 Å². The van der Waals surface area contributed by atoms with Crippen LogP contribution in [-0.4, -0.2) is 44.2 Å². The largest absolute Gasteiger partial charge is 0.314 e. The average Bonchev–Trinajstić information content (AvgIpc) is 2.34. The molecule has 1 aliphatic rings. The zero-order valence-corrected chi connectivity index (χ0v) is 11.8. The molecule has 3 nitrogen and oxygen atoms in total. The maximum absolute atomic E-state index is 3.57. The molecule has 1 heterocycles. The molecular formula is C13H20BrN3. The quantitative estimate of drug-likeness (QED) is 0.881. The van der Waals surface area contributed by atoms with Crippen molar-refractivity contribution >= 4 is 15.9 Å². The van der Waals surface area contributed by atoms with Crippen molar-refractivity contribution in [3.8, 4) is 0 Å². The van der Waals surface area contributed by atoms with Crippen molar-refractivity contribution in [3.63, 3.8) is 0 Å². The van der Waals surface area contributed by atoms with Gasteiger partial charge in [-0.3, -0.25) is 4.90 Å². The van der Waals surface area contributed by atoms with E-state index in [0.29, 0.717) is 6.04 Å². The highest BCUT2D eigenvalue weighted by Gasteiger charge is 2.17. The normalized spacial score (nSPS) is 21.6. The van der Waals surface area contributed by atoms with Crippen molar-refractivity contribution in [2.75, 3.05) is 33.2 Å². The molecule has 1 fully saturated rings. The van der Waals surface area contributed by atoms with Crippen LogP contribution >= 0.6 is 15.9 Å². The van der Waals surface area contributed by atoms with Crippen molar-refractivity contribution in [1.82, 2.24) is 15.5 Å². The Labute approximate surface area is 112 Å². The molecule has 0 aromatic heterocycles. The molecule has 0 aliphatic carbocycles. The second-order valence-corrected chi connectivity index (χ2v) is 5.42. The molecule has 1 atom stereocenters. The van der Waals surface area contributed by atoms with Gasteiger partial charge in [-0.05, 0) is 18.7 Å². The summed E-state index contributed by atoms with van der Waals surface area (Å²) in [6.45, 7) is 5.29. The van der Waals surface area contributed by atoms with Crippen molar-refractivity contribution < 1.29 is 0 Å². The number of benzene rings is 1. The highest BCUT2D eigenvalue weighted by molar-refractivity contribution is 9.10. The molecule has 0 spiro atoms. The Morgan fingerprint density at radius 3 is 3.06 bits per heavy atom. The fraction of sp³-hybridized carbons (Fsp3) is 0.538. The molecule has 1 aromatic rings. The van der Waals surface area contributed by atoms with Crippen LogP contribution in [0.5, 0.6) is 0 Å². The molecule has 1 unspecified atom stereocenters. The molecule has 4 heteroatoms. The lowest BCUT2D eigenvalue weighted by Gasteiger charge is -2.33. The van der Waals surface area contributed by atoms with Gasteiger partial charge in [0.15, 0.2) is 0 Å². The third kappa shape index (κ3) is 3.78. The Bertz CT molecular complexity index is 356. The lowest BCUT2D eigenvalue weighted by atomic mass is 10.2. The molecule has 17 heavy (non-hydrogen) atoms. The Balaban J connectivity index is 1.77. The number of hydrogen-bond acceptors (Lipinski definition) is 3. The maximum atomic E-state index is 3.57. The van der Waals surface area contributed by atoms with Gasteiger partial charge in [0, 0.05) is 43.2 Å². The van der Waals surface area contributed by atoms with E-state index in [0.717, 1.165) is 32.7 Å². The fourth-order valence-corrected chi connectivity index (χ4v) is 2.53. The maximum Gasteiger partial charge on any atom is 0.0342 e. The van der Waals surface area contributed by atoms with E-state index in [9.17, 15) is 0 Å². The number of nitrogens with one attached hydrogen (secondary N) is 2. The highest BCUT2D eigenvalue weighted by atomic mass is 79.9. The first kappa shape index (κ1) is 13.0. The van der Waals surface area contributed by atoms with E-state index in [2.05, 4.69) is 56.7 Å².